The average molecular weight is 154 g/mol. The summed E-state index contributed by atoms with van der Waals surface area (Å²) in [5.41, 5.74) is 8.03. The smallest absolute Gasteiger partial charge is 0.196 e. The minimum Gasteiger partial charge on any atom is -0.410 e. The van der Waals surface area contributed by atoms with Gasteiger partial charge in [0.2, 0.25) is 0 Å². The molecule has 0 unspecified atom stereocenters. The third-order valence-corrected chi connectivity index (χ3v) is 0.825. The lowest BCUT2D eigenvalue weighted by Crippen LogP contribution is -1.94. The molecule has 0 fully saturated rings. The molecule has 0 amide bonds. The summed E-state index contributed by atoms with van der Waals surface area (Å²) in [5, 5.41) is 20.4. The van der Waals surface area contributed by atoms with Gasteiger partial charge in [-0.05, 0) is 15.8 Å². The van der Waals surface area contributed by atoms with Gasteiger partial charge < -0.3 is 5.21 Å². The molecule has 1 heterocycles. The van der Waals surface area contributed by atoms with Crippen molar-refractivity contribution in [2.24, 2.45) is 10.3 Å². The highest BCUT2D eigenvalue weighted by Gasteiger charge is 2.04. The second-order valence-corrected chi connectivity index (χ2v) is 1.41. The maximum absolute atomic E-state index is 8.24. The molecule has 0 saturated heterocycles. The van der Waals surface area contributed by atoms with E-state index in [9.17, 15) is 0 Å². The monoisotopic (exact) mass is 154 g/mol. The SMILES string of the molecule is [N-]=[N+]=NC(=NO)c1cnon1. The summed E-state index contributed by atoms with van der Waals surface area (Å²) in [6.07, 6.45) is 1.16. The van der Waals surface area contributed by atoms with Crippen molar-refractivity contribution >= 4 is 5.84 Å². The normalized spacial score (nSPS) is 10.7. The van der Waals surface area contributed by atoms with Crippen LogP contribution < -0.4 is 0 Å². The zero-order chi connectivity index (χ0) is 8.10. The fourth-order valence-electron chi connectivity index (χ4n) is 0.428. The lowest BCUT2D eigenvalue weighted by molar-refractivity contribution is 0.303. The van der Waals surface area contributed by atoms with E-state index >= 15 is 0 Å². The van der Waals surface area contributed by atoms with Crippen LogP contribution in [0.4, 0.5) is 0 Å². The first-order valence-corrected chi connectivity index (χ1v) is 2.43. The van der Waals surface area contributed by atoms with E-state index in [1.165, 1.54) is 0 Å². The molecular formula is C3H2N6O2. The topological polar surface area (TPSA) is 120 Å². The van der Waals surface area contributed by atoms with Crippen LogP contribution in [0.1, 0.15) is 5.69 Å². The molecule has 0 aliphatic heterocycles. The molecule has 0 aliphatic rings. The summed E-state index contributed by atoms with van der Waals surface area (Å²) in [7, 11) is 0. The first-order valence-electron chi connectivity index (χ1n) is 2.43. The largest absolute Gasteiger partial charge is 0.410 e. The number of aromatic nitrogens is 2. The van der Waals surface area contributed by atoms with Gasteiger partial charge in [-0.15, -0.1) is 0 Å². The molecule has 0 aliphatic carbocycles. The molecule has 0 radical (unpaired) electrons. The molecule has 56 valence electrons. The van der Waals surface area contributed by atoms with Crippen molar-refractivity contribution in [3.63, 3.8) is 0 Å². The highest BCUT2D eigenvalue weighted by atomic mass is 16.6. The van der Waals surface area contributed by atoms with Gasteiger partial charge in [0.1, 0.15) is 6.20 Å². The van der Waals surface area contributed by atoms with Crippen molar-refractivity contribution in [2.75, 3.05) is 0 Å². The molecule has 0 atom stereocenters. The van der Waals surface area contributed by atoms with Crippen LogP contribution in [0.25, 0.3) is 10.4 Å². The number of oxime groups is 1. The average Bonchev–Trinajstić information content (AvgIpc) is 2.52. The van der Waals surface area contributed by atoms with E-state index in [1.54, 1.807) is 0 Å². The third kappa shape index (κ3) is 1.43. The van der Waals surface area contributed by atoms with E-state index in [-0.39, 0.29) is 11.5 Å². The Morgan fingerprint density at radius 2 is 2.64 bits per heavy atom. The Labute approximate surface area is 59.7 Å². The maximum atomic E-state index is 8.24. The van der Waals surface area contributed by atoms with Crippen LogP contribution in [0.5, 0.6) is 0 Å². The number of nitrogens with zero attached hydrogens (tertiary/aromatic N) is 6. The van der Waals surface area contributed by atoms with Crippen LogP contribution >= 0.6 is 0 Å². The molecule has 0 aromatic carbocycles. The summed E-state index contributed by atoms with van der Waals surface area (Å²) < 4.78 is 4.17. The van der Waals surface area contributed by atoms with Crippen LogP contribution in [0, 0.1) is 0 Å². The Kier molecular flexibility index (Phi) is 2.03. The van der Waals surface area contributed by atoms with Gasteiger partial charge in [-0.1, -0.05) is 10.3 Å². The molecule has 11 heavy (non-hydrogen) atoms. The lowest BCUT2D eigenvalue weighted by atomic mass is 10.4. The molecule has 0 bridgehead atoms. The number of hydrogen-bond donors (Lipinski definition) is 1. The van der Waals surface area contributed by atoms with E-state index < -0.39 is 0 Å². The summed E-state index contributed by atoms with van der Waals surface area (Å²) in [6, 6.07) is 0. The standard InChI is InChI=1S/C3H2N6O2/c4-9-6-3(7-10)2-1-5-11-8-2/h1,10H. The Hall–Kier alpha value is -2.08. The zero-order valence-electron chi connectivity index (χ0n) is 5.12. The quantitative estimate of drug-likeness (QED) is 0.120. The van der Waals surface area contributed by atoms with E-state index in [0.717, 1.165) is 6.20 Å². The fraction of sp³-hybridized carbons (Fsp3) is 0. The molecule has 8 heteroatoms. The molecule has 1 rings (SSSR count). The Morgan fingerprint density at radius 3 is 3.09 bits per heavy atom. The molecule has 1 aromatic rings. The van der Waals surface area contributed by atoms with Gasteiger partial charge in [-0.3, -0.25) is 0 Å². The highest BCUT2D eigenvalue weighted by molar-refractivity contribution is 5.96. The van der Waals surface area contributed by atoms with Crippen molar-refractivity contribution < 1.29 is 9.84 Å². The Balaban J connectivity index is 2.98. The number of amidine groups is 1. The van der Waals surface area contributed by atoms with Crippen molar-refractivity contribution in [1.82, 2.24) is 10.3 Å². The minimum absolute atomic E-state index is 0.0744. The summed E-state index contributed by atoms with van der Waals surface area (Å²) >= 11 is 0. The number of rotatable bonds is 1. The predicted octanol–water partition coefficient (Wildman–Crippen LogP) is 0.516. The Morgan fingerprint density at radius 1 is 1.82 bits per heavy atom. The highest BCUT2D eigenvalue weighted by Crippen LogP contribution is 1.95. The number of azide groups is 1. The molecule has 1 aromatic heterocycles. The predicted molar refractivity (Wildman–Crippen MR) is 31.8 cm³/mol. The summed E-state index contributed by atoms with van der Waals surface area (Å²) in [5.74, 6) is -0.284. The van der Waals surface area contributed by atoms with Crippen molar-refractivity contribution in [3.05, 3.63) is 22.3 Å². The first kappa shape index (κ1) is 7.03. The lowest BCUT2D eigenvalue weighted by Gasteiger charge is -1.83. The van der Waals surface area contributed by atoms with Gasteiger partial charge >= 0.3 is 0 Å². The van der Waals surface area contributed by atoms with Gasteiger partial charge in [-0.2, -0.15) is 0 Å². The molecule has 0 saturated carbocycles. The molecule has 8 nitrogen and oxygen atoms in total. The number of hydrogen-bond acceptors (Lipinski definition) is 5. The van der Waals surface area contributed by atoms with Crippen LogP contribution in [0.15, 0.2) is 21.1 Å². The first-order chi connectivity index (χ1) is 5.38. The van der Waals surface area contributed by atoms with Crippen molar-refractivity contribution in [1.29, 1.82) is 0 Å². The van der Waals surface area contributed by atoms with Crippen LogP contribution in [0.2, 0.25) is 0 Å². The van der Waals surface area contributed by atoms with Gasteiger partial charge in [0.15, 0.2) is 11.5 Å². The van der Waals surface area contributed by atoms with Crippen molar-refractivity contribution in [3.8, 4) is 0 Å². The second-order valence-electron chi connectivity index (χ2n) is 1.41. The van der Waals surface area contributed by atoms with Crippen LogP contribution in [-0.4, -0.2) is 21.4 Å². The maximum Gasteiger partial charge on any atom is 0.196 e. The molecule has 1 N–H and O–H groups in total. The van der Waals surface area contributed by atoms with Gasteiger partial charge in [0.25, 0.3) is 0 Å². The van der Waals surface area contributed by atoms with Crippen molar-refractivity contribution in [2.45, 2.75) is 0 Å². The van der Waals surface area contributed by atoms with Gasteiger partial charge in [-0.25, -0.2) is 4.63 Å². The molecular weight excluding hydrogens is 152 g/mol. The molecule has 0 spiro atoms. The second kappa shape index (κ2) is 3.18. The minimum atomic E-state index is -0.284. The fourth-order valence-corrected chi connectivity index (χ4v) is 0.428. The van der Waals surface area contributed by atoms with Gasteiger partial charge in [0, 0.05) is 4.91 Å². The summed E-state index contributed by atoms with van der Waals surface area (Å²) in [6.45, 7) is 0. The third-order valence-electron chi connectivity index (χ3n) is 0.825. The van der Waals surface area contributed by atoms with Crippen LogP contribution in [-0.2, 0) is 0 Å². The van der Waals surface area contributed by atoms with Gasteiger partial charge in [0.05, 0.1) is 0 Å². The Bertz CT molecular complexity index is 296. The van der Waals surface area contributed by atoms with E-state index in [4.69, 9.17) is 10.7 Å². The van der Waals surface area contributed by atoms with Crippen LogP contribution in [0.3, 0.4) is 0 Å². The summed E-state index contributed by atoms with van der Waals surface area (Å²) in [4.78, 5) is 2.39. The van der Waals surface area contributed by atoms with E-state index in [1.807, 2.05) is 0 Å². The van der Waals surface area contributed by atoms with E-state index in [2.05, 4.69) is 30.1 Å². The van der Waals surface area contributed by atoms with E-state index in [0.29, 0.717) is 0 Å². The zero-order valence-corrected chi connectivity index (χ0v) is 5.12.